The molecule has 2 bridgehead atoms. The van der Waals surface area contributed by atoms with Gasteiger partial charge in [-0.25, -0.2) is 8.42 Å². The number of nitrogens with zero attached hydrogens (tertiary/aromatic N) is 1. The summed E-state index contributed by atoms with van der Waals surface area (Å²) >= 11 is 3.37. The van der Waals surface area contributed by atoms with Crippen LogP contribution in [0.4, 0.5) is 0 Å². The molecule has 2 fully saturated rings. The lowest BCUT2D eigenvalue weighted by Gasteiger charge is -2.27. The fraction of sp³-hybridized carbons (Fsp3) is 0.571. The molecule has 2 aliphatic rings. The van der Waals surface area contributed by atoms with E-state index in [1.165, 1.54) is 0 Å². The van der Waals surface area contributed by atoms with E-state index in [4.69, 9.17) is 4.74 Å². The summed E-state index contributed by atoms with van der Waals surface area (Å²) in [4.78, 5) is 0.321. The van der Waals surface area contributed by atoms with Gasteiger partial charge in [-0.1, -0.05) is 0 Å². The third-order valence-electron chi connectivity index (χ3n) is 4.28. The lowest BCUT2D eigenvalue weighted by Crippen LogP contribution is -2.42. The Hall–Kier alpha value is -0.630. The molecule has 2 heterocycles. The van der Waals surface area contributed by atoms with Gasteiger partial charge < -0.3 is 10.1 Å². The maximum Gasteiger partial charge on any atom is 0.244 e. The van der Waals surface area contributed by atoms with Crippen molar-refractivity contribution in [1.29, 1.82) is 0 Å². The molecule has 2 unspecified atom stereocenters. The van der Waals surface area contributed by atoms with Gasteiger partial charge in [-0.2, -0.15) is 4.31 Å². The Morgan fingerprint density at radius 1 is 1.29 bits per heavy atom. The highest BCUT2D eigenvalue weighted by atomic mass is 79.9. The highest BCUT2D eigenvalue weighted by molar-refractivity contribution is 9.10. The van der Waals surface area contributed by atoms with Crippen LogP contribution in [0.3, 0.4) is 0 Å². The average Bonchev–Trinajstić information content (AvgIpc) is 2.72. The van der Waals surface area contributed by atoms with Crippen LogP contribution in [0.15, 0.2) is 27.6 Å². The molecule has 2 aliphatic heterocycles. The van der Waals surface area contributed by atoms with Crippen LogP contribution in [0.5, 0.6) is 5.75 Å². The zero-order valence-corrected chi connectivity index (χ0v) is 14.3. The quantitative estimate of drug-likeness (QED) is 0.878. The number of hydrogen-bond acceptors (Lipinski definition) is 4. The molecular weight excluding hydrogens is 356 g/mol. The van der Waals surface area contributed by atoms with Crippen molar-refractivity contribution in [2.24, 2.45) is 0 Å². The van der Waals surface area contributed by atoms with Crippen LogP contribution in [-0.4, -0.2) is 45.0 Å². The molecule has 1 aromatic carbocycles. The molecule has 2 saturated heterocycles. The molecule has 0 saturated carbocycles. The van der Waals surface area contributed by atoms with Gasteiger partial charge in [0.2, 0.25) is 10.0 Å². The predicted molar refractivity (Wildman–Crippen MR) is 84.0 cm³/mol. The molecule has 3 rings (SSSR count). The molecular formula is C14H19BrN2O3S. The number of nitrogens with one attached hydrogen (secondary N) is 1. The van der Waals surface area contributed by atoms with E-state index in [0.717, 1.165) is 32.4 Å². The number of hydrogen-bond donors (Lipinski definition) is 1. The highest BCUT2D eigenvalue weighted by Crippen LogP contribution is 2.36. The number of sulfonamides is 1. The van der Waals surface area contributed by atoms with E-state index in [9.17, 15) is 8.42 Å². The van der Waals surface area contributed by atoms with Crippen molar-refractivity contribution >= 4 is 26.0 Å². The maximum absolute atomic E-state index is 13.0. The first-order valence-corrected chi connectivity index (χ1v) is 9.35. The summed E-state index contributed by atoms with van der Waals surface area (Å²) < 4.78 is 33.5. The highest BCUT2D eigenvalue weighted by Gasteiger charge is 2.43. The largest absolute Gasteiger partial charge is 0.497 e. The maximum atomic E-state index is 13.0. The molecule has 1 N–H and O–H groups in total. The lowest BCUT2D eigenvalue weighted by atomic mass is 10.1. The molecule has 0 radical (unpaired) electrons. The minimum Gasteiger partial charge on any atom is -0.497 e. The van der Waals surface area contributed by atoms with Crippen molar-refractivity contribution in [3.05, 3.63) is 22.7 Å². The Labute approximate surface area is 133 Å². The first kappa shape index (κ1) is 15.3. The second-order valence-corrected chi connectivity index (χ2v) is 8.18. The fourth-order valence-corrected chi connectivity index (χ4v) is 6.18. The van der Waals surface area contributed by atoms with E-state index in [2.05, 4.69) is 21.2 Å². The Kier molecular flexibility index (Phi) is 4.27. The number of rotatable bonds is 3. The zero-order chi connectivity index (χ0) is 15.0. The number of benzene rings is 1. The summed E-state index contributed by atoms with van der Waals surface area (Å²) in [6.45, 7) is 1.63. The first-order valence-electron chi connectivity index (χ1n) is 7.12. The SMILES string of the molecule is COc1ccc(S(=O)(=O)N2C3CCNCC2CC3)c(Br)c1. The third kappa shape index (κ3) is 2.72. The van der Waals surface area contributed by atoms with Gasteiger partial charge in [-0.05, 0) is 59.9 Å². The zero-order valence-electron chi connectivity index (χ0n) is 11.9. The number of halogens is 1. The number of fused-ring (bicyclic) bond motifs is 2. The Balaban J connectivity index is 2.00. The number of methoxy groups -OCH3 is 1. The van der Waals surface area contributed by atoms with Gasteiger partial charge in [-0.15, -0.1) is 0 Å². The van der Waals surface area contributed by atoms with Gasteiger partial charge >= 0.3 is 0 Å². The van der Waals surface area contributed by atoms with Crippen LogP contribution < -0.4 is 10.1 Å². The van der Waals surface area contributed by atoms with Crippen LogP contribution in [-0.2, 0) is 10.0 Å². The van der Waals surface area contributed by atoms with E-state index >= 15 is 0 Å². The Bertz CT molecular complexity index is 621. The first-order chi connectivity index (χ1) is 10.0. The van der Waals surface area contributed by atoms with Crippen molar-refractivity contribution in [3.63, 3.8) is 0 Å². The third-order valence-corrected chi connectivity index (χ3v) is 7.26. The van der Waals surface area contributed by atoms with Crippen molar-refractivity contribution in [2.45, 2.75) is 36.2 Å². The molecule has 0 spiro atoms. The van der Waals surface area contributed by atoms with Crippen LogP contribution in [0, 0.1) is 0 Å². The topological polar surface area (TPSA) is 58.6 Å². The summed E-state index contributed by atoms with van der Waals surface area (Å²) in [6, 6.07) is 5.19. The fourth-order valence-electron chi connectivity index (χ4n) is 3.26. The summed E-state index contributed by atoms with van der Waals surface area (Å²) in [6.07, 6.45) is 2.77. The summed E-state index contributed by atoms with van der Waals surface area (Å²) in [7, 11) is -1.92. The standard InChI is InChI=1S/C14H19BrN2O3S/c1-20-12-4-5-14(13(15)8-12)21(18,19)17-10-2-3-11(17)9-16-7-6-10/h4-5,8,10-11,16H,2-3,6-7,9H2,1H3. The molecule has 2 atom stereocenters. The molecule has 0 aliphatic carbocycles. The van der Waals surface area contributed by atoms with Crippen molar-refractivity contribution < 1.29 is 13.2 Å². The van der Waals surface area contributed by atoms with E-state index in [1.807, 2.05) is 0 Å². The Morgan fingerprint density at radius 3 is 2.76 bits per heavy atom. The summed E-state index contributed by atoms with van der Waals surface area (Å²) in [5.74, 6) is 0.640. The second kappa shape index (κ2) is 5.87. The second-order valence-electron chi connectivity index (χ2n) is 5.51. The van der Waals surface area contributed by atoms with E-state index in [-0.39, 0.29) is 12.1 Å². The lowest BCUT2D eigenvalue weighted by molar-refractivity contribution is 0.334. The molecule has 116 valence electrons. The minimum absolute atomic E-state index is 0.0662. The van der Waals surface area contributed by atoms with E-state index < -0.39 is 10.0 Å². The molecule has 0 amide bonds. The van der Waals surface area contributed by atoms with Crippen LogP contribution in [0.25, 0.3) is 0 Å². The monoisotopic (exact) mass is 374 g/mol. The molecule has 0 aromatic heterocycles. The van der Waals surface area contributed by atoms with Crippen molar-refractivity contribution in [3.8, 4) is 5.75 Å². The van der Waals surface area contributed by atoms with Crippen molar-refractivity contribution in [1.82, 2.24) is 9.62 Å². The summed E-state index contributed by atoms with van der Waals surface area (Å²) in [5.41, 5.74) is 0. The predicted octanol–water partition coefficient (Wildman–Crippen LogP) is 1.97. The summed E-state index contributed by atoms with van der Waals surface area (Å²) in [5, 5.41) is 3.33. The minimum atomic E-state index is -3.49. The average molecular weight is 375 g/mol. The Morgan fingerprint density at radius 2 is 2.05 bits per heavy atom. The molecule has 5 nitrogen and oxygen atoms in total. The van der Waals surface area contributed by atoms with Crippen LogP contribution >= 0.6 is 15.9 Å². The van der Waals surface area contributed by atoms with Gasteiger partial charge in [0, 0.05) is 23.1 Å². The molecule has 1 aromatic rings. The van der Waals surface area contributed by atoms with Crippen LogP contribution in [0.1, 0.15) is 19.3 Å². The number of ether oxygens (including phenoxy) is 1. The van der Waals surface area contributed by atoms with Gasteiger partial charge in [-0.3, -0.25) is 0 Å². The van der Waals surface area contributed by atoms with Crippen molar-refractivity contribution in [2.75, 3.05) is 20.2 Å². The van der Waals surface area contributed by atoms with Crippen LogP contribution in [0.2, 0.25) is 0 Å². The van der Waals surface area contributed by atoms with E-state index in [1.54, 1.807) is 29.6 Å². The van der Waals surface area contributed by atoms with Gasteiger partial charge in [0.05, 0.1) is 12.0 Å². The van der Waals surface area contributed by atoms with Gasteiger partial charge in [0.25, 0.3) is 0 Å². The smallest absolute Gasteiger partial charge is 0.244 e. The normalized spacial score (nSPS) is 26.6. The van der Waals surface area contributed by atoms with Gasteiger partial charge in [0.1, 0.15) is 5.75 Å². The molecule has 21 heavy (non-hydrogen) atoms. The van der Waals surface area contributed by atoms with E-state index in [0.29, 0.717) is 15.1 Å². The molecule has 7 heteroatoms. The van der Waals surface area contributed by atoms with Gasteiger partial charge in [0.15, 0.2) is 0 Å².